The summed E-state index contributed by atoms with van der Waals surface area (Å²) in [6.45, 7) is 1.77. The smallest absolute Gasteiger partial charge is 0.233 e. The van der Waals surface area contributed by atoms with E-state index in [4.69, 9.17) is 0 Å². The lowest BCUT2D eigenvalue weighted by atomic mass is 10.1. The first-order chi connectivity index (χ1) is 13.7. The van der Waals surface area contributed by atoms with E-state index in [0.29, 0.717) is 18.4 Å². The van der Waals surface area contributed by atoms with Gasteiger partial charge >= 0.3 is 0 Å². The van der Waals surface area contributed by atoms with Gasteiger partial charge in [-0.1, -0.05) is 36.4 Å². The summed E-state index contributed by atoms with van der Waals surface area (Å²) in [5, 5.41) is 3.82. The minimum atomic E-state index is -3.63. The average molecular weight is 422 g/mol. The number of carbonyl (C=O) groups excluding carboxylic acids is 1. The summed E-state index contributed by atoms with van der Waals surface area (Å²) in [4.78, 5) is 12.0. The zero-order valence-electron chi connectivity index (χ0n) is 16.1. The molecule has 2 aromatic carbocycles. The highest BCUT2D eigenvalue weighted by molar-refractivity contribution is 7.92. The SMILES string of the molecule is CC(CCc1ccc(F)c(F)c1)NC(=O)CCNS(=O)(=O)/C=C/c1ccccc1. The van der Waals surface area contributed by atoms with E-state index in [1.807, 2.05) is 6.07 Å². The van der Waals surface area contributed by atoms with Crippen LogP contribution in [-0.2, 0) is 21.2 Å². The number of amides is 1. The van der Waals surface area contributed by atoms with E-state index in [1.54, 1.807) is 31.2 Å². The minimum Gasteiger partial charge on any atom is -0.354 e. The first-order valence-corrected chi connectivity index (χ1v) is 10.8. The largest absolute Gasteiger partial charge is 0.354 e. The van der Waals surface area contributed by atoms with Gasteiger partial charge < -0.3 is 5.32 Å². The maximum absolute atomic E-state index is 13.2. The maximum Gasteiger partial charge on any atom is 0.233 e. The van der Waals surface area contributed by atoms with E-state index in [0.717, 1.165) is 23.1 Å². The third-order valence-corrected chi connectivity index (χ3v) is 5.25. The van der Waals surface area contributed by atoms with Crippen LogP contribution in [0.2, 0.25) is 0 Å². The molecular weight excluding hydrogens is 398 g/mol. The quantitative estimate of drug-likeness (QED) is 0.616. The molecule has 0 radical (unpaired) electrons. The van der Waals surface area contributed by atoms with Gasteiger partial charge in [0.1, 0.15) is 0 Å². The zero-order valence-corrected chi connectivity index (χ0v) is 16.9. The van der Waals surface area contributed by atoms with E-state index in [1.165, 1.54) is 12.1 Å². The van der Waals surface area contributed by atoms with Crippen molar-refractivity contribution in [1.29, 1.82) is 0 Å². The van der Waals surface area contributed by atoms with Crippen molar-refractivity contribution in [1.82, 2.24) is 10.0 Å². The standard InChI is InChI=1S/C21H24F2N2O3S/c1-16(7-8-18-9-10-19(22)20(23)15-18)25-21(26)11-13-24-29(27,28)14-12-17-5-3-2-4-6-17/h2-6,9-10,12,14-16,24H,7-8,11,13H2,1H3,(H,25,26)/b14-12+. The highest BCUT2D eigenvalue weighted by atomic mass is 32.2. The van der Waals surface area contributed by atoms with Crippen molar-refractivity contribution in [2.75, 3.05) is 6.54 Å². The Balaban J connectivity index is 1.70. The van der Waals surface area contributed by atoms with Crippen molar-refractivity contribution in [3.8, 4) is 0 Å². The molecule has 29 heavy (non-hydrogen) atoms. The molecule has 2 aromatic rings. The van der Waals surface area contributed by atoms with Crippen LogP contribution < -0.4 is 10.0 Å². The molecule has 0 saturated heterocycles. The fraction of sp³-hybridized carbons (Fsp3) is 0.286. The molecule has 1 unspecified atom stereocenters. The molecule has 2 rings (SSSR count). The summed E-state index contributed by atoms with van der Waals surface area (Å²) in [6, 6.07) is 12.5. The molecule has 0 heterocycles. The summed E-state index contributed by atoms with van der Waals surface area (Å²) in [7, 11) is -3.63. The van der Waals surface area contributed by atoms with Crippen LogP contribution in [-0.4, -0.2) is 26.9 Å². The van der Waals surface area contributed by atoms with Gasteiger partial charge in [0, 0.05) is 24.4 Å². The summed E-state index contributed by atoms with van der Waals surface area (Å²) in [5.74, 6) is -2.08. The third kappa shape index (κ3) is 8.53. The van der Waals surface area contributed by atoms with Gasteiger partial charge in [-0.15, -0.1) is 0 Å². The molecule has 1 amide bonds. The number of halogens is 2. The second-order valence-electron chi connectivity index (χ2n) is 6.66. The first kappa shape index (κ1) is 22.7. The highest BCUT2D eigenvalue weighted by Crippen LogP contribution is 2.11. The Morgan fingerprint density at radius 3 is 2.52 bits per heavy atom. The topological polar surface area (TPSA) is 75.3 Å². The molecule has 0 aliphatic heterocycles. The molecule has 156 valence electrons. The van der Waals surface area contributed by atoms with Crippen molar-refractivity contribution in [3.63, 3.8) is 0 Å². The predicted octanol–water partition coefficient (Wildman–Crippen LogP) is 3.38. The molecule has 0 fully saturated rings. The highest BCUT2D eigenvalue weighted by Gasteiger charge is 2.11. The molecule has 5 nitrogen and oxygen atoms in total. The predicted molar refractivity (Wildman–Crippen MR) is 109 cm³/mol. The van der Waals surface area contributed by atoms with Crippen molar-refractivity contribution >= 4 is 22.0 Å². The molecule has 0 aromatic heterocycles. The molecule has 8 heteroatoms. The molecule has 0 bridgehead atoms. The van der Waals surface area contributed by atoms with Crippen molar-refractivity contribution in [2.24, 2.45) is 0 Å². The van der Waals surface area contributed by atoms with Crippen LogP contribution in [0.15, 0.2) is 53.9 Å². The van der Waals surface area contributed by atoms with Gasteiger partial charge in [0.05, 0.1) is 0 Å². The Kier molecular flexibility index (Phi) is 8.48. The summed E-state index contributed by atoms with van der Waals surface area (Å²) < 4.78 is 52.3. The maximum atomic E-state index is 13.2. The van der Waals surface area contributed by atoms with Gasteiger partial charge in [-0.05, 0) is 49.1 Å². The van der Waals surface area contributed by atoms with Crippen LogP contribution in [0.3, 0.4) is 0 Å². The second-order valence-corrected chi connectivity index (χ2v) is 8.31. The summed E-state index contributed by atoms with van der Waals surface area (Å²) in [5.41, 5.74) is 1.40. The van der Waals surface area contributed by atoms with Gasteiger partial charge in [0.15, 0.2) is 11.6 Å². The lowest BCUT2D eigenvalue weighted by Gasteiger charge is -2.14. The van der Waals surface area contributed by atoms with Crippen LogP contribution in [0.4, 0.5) is 8.78 Å². The molecule has 0 aliphatic carbocycles. The van der Waals surface area contributed by atoms with E-state index in [2.05, 4.69) is 10.0 Å². The van der Waals surface area contributed by atoms with Gasteiger partial charge in [0.25, 0.3) is 0 Å². The summed E-state index contributed by atoms with van der Waals surface area (Å²) in [6.07, 6.45) is 2.49. The zero-order chi connectivity index (χ0) is 21.3. The number of hydrogen-bond donors (Lipinski definition) is 2. The van der Waals surface area contributed by atoms with Gasteiger partial charge in [-0.2, -0.15) is 0 Å². The average Bonchev–Trinajstić information content (AvgIpc) is 2.68. The first-order valence-electron chi connectivity index (χ1n) is 9.21. The number of benzene rings is 2. The molecule has 0 saturated carbocycles. The monoisotopic (exact) mass is 422 g/mol. The molecule has 0 aliphatic rings. The number of sulfonamides is 1. The van der Waals surface area contributed by atoms with Gasteiger partial charge in [-0.3, -0.25) is 4.79 Å². The fourth-order valence-corrected chi connectivity index (χ4v) is 3.40. The fourth-order valence-electron chi connectivity index (χ4n) is 2.58. The van der Waals surface area contributed by atoms with E-state index >= 15 is 0 Å². The number of hydrogen-bond acceptors (Lipinski definition) is 3. The Morgan fingerprint density at radius 2 is 1.83 bits per heavy atom. The van der Waals surface area contributed by atoms with Crippen molar-refractivity contribution in [2.45, 2.75) is 32.2 Å². The lowest BCUT2D eigenvalue weighted by molar-refractivity contribution is -0.121. The third-order valence-electron chi connectivity index (χ3n) is 4.15. The number of aryl methyl sites for hydroxylation is 1. The van der Waals surface area contributed by atoms with Crippen LogP contribution in [0, 0.1) is 11.6 Å². The Morgan fingerprint density at radius 1 is 1.10 bits per heavy atom. The van der Waals surface area contributed by atoms with Crippen molar-refractivity contribution in [3.05, 3.63) is 76.7 Å². The van der Waals surface area contributed by atoms with E-state index in [-0.39, 0.29) is 24.9 Å². The van der Waals surface area contributed by atoms with Crippen LogP contribution in [0.1, 0.15) is 30.9 Å². The molecule has 2 N–H and O–H groups in total. The number of carbonyl (C=O) groups is 1. The van der Waals surface area contributed by atoms with Gasteiger partial charge in [-0.25, -0.2) is 21.9 Å². The lowest BCUT2D eigenvalue weighted by Crippen LogP contribution is -2.35. The Hall–Kier alpha value is -2.58. The molecule has 0 spiro atoms. The van der Waals surface area contributed by atoms with Crippen LogP contribution in [0.25, 0.3) is 6.08 Å². The van der Waals surface area contributed by atoms with Crippen LogP contribution in [0.5, 0.6) is 0 Å². The molecular formula is C21H24F2N2O3S. The normalized spacial score (nSPS) is 12.8. The number of rotatable bonds is 10. The van der Waals surface area contributed by atoms with Crippen LogP contribution >= 0.6 is 0 Å². The van der Waals surface area contributed by atoms with Gasteiger partial charge in [0.2, 0.25) is 15.9 Å². The Bertz CT molecular complexity index is 948. The van der Waals surface area contributed by atoms with E-state index < -0.39 is 21.7 Å². The second kappa shape index (κ2) is 10.8. The van der Waals surface area contributed by atoms with Crippen molar-refractivity contribution < 1.29 is 22.0 Å². The Labute approximate surface area is 169 Å². The van der Waals surface area contributed by atoms with E-state index in [9.17, 15) is 22.0 Å². The summed E-state index contributed by atoms with van der Waals surface area (Å²) >= 11 is 0. The minimum absolute atomic E-state index is 0.00603. The number of nitrogens with one attached hydrogen (secondary N) is 2. The molecule has 1 atom stereocenters.